The minimum atomic E-state index is -1.02. The molecule has 1 atom stereocenters. The van der Waals surface area contributed by atoms with Crippen LogP contribution in [0.25, 0.3) is 0 Å². The van der Waals surface area contributed by atoms with Crippen LogP contribution in [-0.2, 0) is 11.3 Å². The van der Waals surface area contributed by atoms with Crippen molar-refractivity contribution in [2.24, 2.45) is 0 Å². The van der Waals surface area contributed by atoms with Gasteiger partial charge in [-0.25, -0.2) is 9.78 Å². The normalized spacial score (nSPS) is 19.9. The first-order chi connectivity index (χ1) is 8.08. The number of carboxylic acid groups (broad SMARTS) is 1. The third-order valence-corrected chi connectivity index (χ3v) is 3.57. The van der Waals surface area contributed by atoms with Crippen molar-refractivity contribution >= 4 is 23.2 Å². The fraction of sp³-hybridized carbons (Fsp3) is 0.500. The van der Waals surface area contributed by atoms with Gasteiger partial charge in [0.05, 0.1) is 11.7 Å². The number of aromatic carboxylic acids is 1. The molecule has 0 radical (unpaired) electrons. The number of carbonyl (C=O) groups is 2. The minimum absolute atomic E-state index is 0.0802. The Hall–Kier alpha value is -1.47. The molecule has 92 valence electrons. The molecule has 1 unspecified atom stereocenters. The lowest BCUT2D eigenvalue weighted by Gasteiger charge is -2.10. The van der Waals surface area contributed by atoms with Crippen LogP contribution in [0.2, 0.25) is 0 Å². The molecule has 0 spiro atoms. The maximum atomic E-state index is 11.6. The molecule has 0 bridgehead atoms. The lowest BCUT2D eigenvalue weighted by Crippen LogP contribution is -2.36. The summed E-state index contributed by atoms with van der Waals surface area (Å²) in [5.41, 5.74) is 0.662. The SMILES string of the molecule is CN1CCC(NCc2csc(C(=O)O)n2)C1=O. The molecular weight excluding hydrogens is 242 g/mol. The maximum Gasteiger partial charge on any atom is 0.365 e. The van der Waals surface area contributed by atoms with Gasteiger partial charge < -0.3 is 15.3 Å². The quantitative estimate of drug-likeness (QED) is 0.801. The number of amides is 1. The molecule has 7 heteroatoms. The van der Waals surface area contributed by atoms with Crippen molar-refractivity contribution in [3.05, 3.63) is 16.1 Å². The monoisotopic (exact) mass is 255 g/mol. The summed E-state index contributed by atoms with van der Waals surface area (Å²) in [4.78, 5) is 27.9. The number of carboxylic acids is 1. The Balaban J connectivity index is 1.89. The summed E-state index contributed by atoms with van der Waals surface area (Å²) in [5, 5.41) is 13.6. The van der Waals surface area contributed by atoms with E-state index in [1.54, 1.807) is 17.3 Å². The van der Waals surface area contributed by atoms with E-state index in [2.05, 4.69) is 10.3 Å². The lowest BCUT2D eigenvalue weighted by molar-refractivity contribution is -0.128. The molecule has 0 aliphatic carbocycles. The molecule has 1 aliphatic heterocycles. The van der Waals surface area contributed by atoms with Gasteiger partial charge in [-0.1, -0.05) is 0 Å². The third kappa shape index (κ3) is 2.62. The van der Waals surface area contributed by atoms with E-state index in [9.17, 15) is 9.59 Å². The fourth-order valence-electron chi connectivity index (χ4n) is 1.73. The highest BCUT2D eigenvalue weighted by Crippen LogP contribution is 2.12. The predicted molar refractivity (Wildman–Crippen MR) is 62.0 cm³/mol. The van der Waals surface area contributed by atoms with Gasteiger partial charge in [-0.2, -0.15) is 0 Å². The molecule has 6 nitrogen and oxygen atoms in total. The second-order valence-corrected chi connectivity index (χ2v) is 4.79. The van der Waals surface area contributed by atoms with Crippen molar-refractivity contribution in [2.75, 3.05) is 13.6 Å². The van der Waals surface area contributed by atoms with Crippen molar-refractivity contribution in [2.45, 2.75) is 19.0 Å². The first-order valence-electron chi connectivity index (χ1n) is 5.24. The Kier molecular flexibility index (Phi) is 3.39. The molecule has 2 N–H and O–H groups in total. The highest BCUT2D eigenvalue weighted by molar-refractivity contribution is 7.11. The summed E-state index contributed by atoms with van der Waals surface area (Å²) in [6, 6.07) is -0.171. The van der Waals surface area contributed by atoms with E-state index >= 15 is 0 Å². The summed E-state index contributed by atoms with van der Waals surface area (Å²) >= 11 is 1.10. The molecule has 1 saturated heterocycles. The Labute approximate surface area is 102 Å². The van der Waals surface area contributed by atoms with Crippen molar-refractivity contribution in [3.8, 4) is 0 Å². The number of rotatable bonds is 4. The number of hydrogen-bond donors (Lipinski definition) is 2. The molecule has 2 heterocycles. The number of nitrogens with zero attached hydrogens (tertiary/aromatic N) is 2. The van der Waals surface area contributed by atoms with Gasteiger partial charge >= 0.3 is 5.97 Å². The molecule has 0 aromatic carbocycles. The number of hydrogen-bond acceptors (Lipinski definition) is 5. The van der Waals surface area contributed by atoms with Gasteiger partial charge in [-0.05, 0) is 6.42 Å². The summed E-state index contributed by atoms with van der Waals surface area (Å²) in [6.45, 7) is 1.18. The Morgan fingerprint density at radius 3 is 3.06 bits per heavy atom. The molecule has 2 rings (SSSR count). The van der Waals surface area contributed by atoms with E-state index in [4.69, 9.17) is 5.11 Å². The van der Waals surface area contributed by atoms with Gasteiger partial charge in [0.2, 0.25) is 10.9 Å². The highest BCUT2D eigenvalue weighted by atomic mass is 32.1. The third-order valence-electron chi connectivity index (χ3n) is 2.69. The second-order valence-electron chi connectivity index (χ2n) is 3.93. The van der Waals surface area contributed by atoms with Gasteiger partial charge in [-0.3, -0.25) is 4.79 Å². The molecular formula is C10H13N3O3S. The fourth-order valence-corrected chi connectivity index (χ4v) is 2.38. The van der Waals surface area contributed by atoms with Crippen LogP contribution in [0.1, 0.15) is 21.9 Å². The first kappa shape index (κ1) is 12.0. The van der Waals surface area contributed by atoms with E-state index in [0.717, 1.165) is 24.3 Å². The van der Waals surface area contributed by atoms with E-state index < -0.39 is 5.97 Å². The van der Waals surface area contributed by atoms with Crippen molar-refractivity contribution in [1.82, 2.24) is 15.2 Å². The molecule has 1 fully saturated rings. The number of likely N-dealkylation sites (tertiary alicyclic amines) is 1. The van der Waals surface area contributed by atoms with Crippen LogP contribution in [0.5, 0.6) is 0 Å². The molecule has 1 aromatic heterocycles. The Bertz CT molecular complexity index is 446. The van der Waals surface area contributed by atoms with E-state index in [-0.39, 0.29) is 17.0 Å². The van der Waals surface area contributed by atoms with Crippen LogP contribution in [0.3, 0.4) is 0 Å². The van der Waals surface area contributed by atoms with Crippen molar-refractivity contribution in [3.63, 3.8) is 0 Å². The number of carbonyl (C=O) groups excluding carboxylic acids is 1. The lowest BCUT2D eigenvalue weighted by atomic mass is 10.2. The molecule has 1 aliphatic rings. The molecule has 0 saturated carbocycles. The van der Waals surface area contributed by atoms with Gasteiger partial charge in [0.1, 0.15) is 0 Å². The summed E-state index contributed by atoms with van der Waals surface area (Å²) in [6.07, 6.45) is 0.783. The summed E-state index contributed by atoms with van der Waals surface area (Å²) < 4.78 is 0. The van der Waals surface area contributed by atoms with Crippen LogP contribution in [0.4, 0.5) is 0 Å². The number of nitrogens with one attached hydrogen (secondary N) is 1. The zero-order chi connectivity index (χ0) is 12.4. The zero-order valence-electron chi connectivity index (χ0n) is 9.34. The number of aromatic nitrogens is 1. The zero-order valence-corrected chi connectivity index (χ0v) is 10.2. The van der Waals surface area contributed by atoms with Gasteiger partial charge in [0.15, 0.2) is 0 Å². The summed E-state index contributed by atoms with van der Waals surface area (Å²) in [5.74, 6) is -0.934. The molecule has 17 heavy (non-hydrogen) atoms. The van der Waals surface area contributed by atoms with Crippen molar-refractivity contribution in [1.29, 1.82) is 0 Å². The van der Waals surface area contributed by atoms with Crippen LogP contribution >= 0.6 is 11.3 Å². The number of thiazole rings is 1. The van der Waals surface area contributed by atoms with Crippen LogP contribution in [0, 0.1) is 0 Å². The van der Waals surface area contributed by atoms with Gasteiger partial charge in [-0.15, -0.1) is 11.3 Å². The smallest absolute Gasteiger partial charge is 0.365 e. The van der Waals surface area contributed by atoms with E-state index in [0.29, 0.717) is 12.2 Å². The predicted octanol–water partition coefficient (Wildman–Crippen LogP) is 0.162. The number of likely N-dealkylation sites (N-methyl/N-ethyl adjacent to an activating group) is 1. The second kappa shape index (κ2) is 4.80. The van der Waals surface area contributed by atoms with E-state index in [1.807, 2.05) is 0 Å². The Morgan fingerprint density at radius 1 is 1.76 bits per heavy atom. The topological polar surface area (TPSA) is 82.5 Å². The average molecular weight is 255 g/mol. The minimum Gasteiger partial charge on any atom is -0.476 e. The average Bonchev–Trinajstić information content (AvgIpc) is 2.86. The van der Waals surface area contributed by atoms with Gasteiger partial charge in [0, 0.05) is 25.5 Å². The summed E-state index contributed by atoms with van der Waals surface area (Å²) in [7, 11) is 1.77. The van der Waals surface area contributed by atoms with Crippen molar-refractivity contribution < 1.29 is 14.7 Å². The molecule has 1 aromatic rings. The molecule has 1 amide bonds. The van der Waals surface area contributed by atoms with Crippen LogP contribution in [-0.4, -0.2) is 46.5 Å². The largest absolute Gasteiger partial charge is 0.476 e. The first-order valence-corrected chi connectivity index (χ1v) is 6.12. The van der Waals surface area contributed by atoms with Crippen LogP contribution in [0.15, 0.2) is 5.38 Å². The Morgan fingerprint density at radius 2 is 2.53 bits per heavy atom. The standard InChI is InChI=1S/C10H13N3O3S/c1-13-3-2-7(9(13)14)11-4-6-5-17-8(12-6)10(15)16/h5,7,11H,2-4H2,1H3,(H,15,16). The highest BCUT2D eigenvalue weighted by Gasteiger charge is 2.28. The van der Waals surface area contributed by atoms with Crippen LogP contribution < -0.4 is 5.32 Å². The maximum absolute atomic E-state index is 11.6. The van der Waals surface area contributed by atoms with E-state index in [1.165, 1.54) is 0 Å². The van der Waals surface area contributed by atoms with Gasteiger partial charge in [0.25, 0.3) is 0 Å².